The number of nitrogens with zero attached hydrogens (tertiary/aromatic N) is 1. The fourth-order valence-corrected chi connectivity index (χ4v) is 4.19. The Morgan fingerprint density at radius 1 is 1.45 bits per heavy atom. The molecule has 0 saturated carbocycles. The molecule has 0 aromatic heterocycles. The third-order valence-corrected chi connectivity index (χ3v) is 5.48. The number of hydrogen-bond donors (Lipinski definition) is 2. The van der Waals surface area contributed by atoms with Gasteiger partial charge in [-0.05, 0) is 31.5 Å². The molecule has 1 aromatic rings. The highest BCUT2D eigenvalue weighted by Gasteiger charge is 2.28. The van der Waals surface area contributed by atoms with Crippen LogP contribution in [0, 0.1) is 16.0 Å². The van der Waals surface area contributed by atoms with Crippen molar-refractivity contribution < 1.29 is 13.3 Å². The number of halogens is 2. The van der Waals surface area contributed by atoms with Crippen LogP contribution < -0.4 is 10.0 Å². The summed E-state index contributed by atoms with van der Waals surface area (Å²) in [5.74, 6) is 0.158. The van der Waals surface area contributed by atoms with Crippen molar-refractivity contribution in [2.45, 2.75) is 24.3 Å². The summed E-state index contributed by atoms with van der Waals surface area (Å²) in [6.45, 7) is 3.43. The van der Waals surface area contributed by atoms with E-state index in [0.29, 0.717) is 6.42 Å². The first kappa shape index (κ1) is 19.1. The molecular formula is C12H17Cl2N3O4S. The van der Waals surface area contributed by atoms with Crippen LogP contribution in [-0.4, -0.2) is 32.5 Å². The van der Waals surface area contributed by atoms with Gasteiger partial charge in [0.05, 0.1) is 9.95 Å². The zero-order valence-corrected chi connectivity index (χ0v) is 14.2. The third kappa shape index (κ3) is 4.30. The van der Waals surface area contributed by atoms with Gasteiger partial charge in [0.15, 0.2) is 0 Å². The molecule has 22 heavy (non-hydrogen) atoms. The minimum absolute atomic E-state index is 0. The highest BCUT2D eigenvalue weighted by molar-refractivity contribution is 7.89. The second kappa shape index (κ2) is 7.56. The van der Waals surface area contributed by atoms with E-state index in [-0.39, 0.29) is 40.0 Å². The van der Waals surface area contributed by atoms with Gasteiger partial charge in [0, 0.05) is 18.2 Å². The number of nitrogens with one attached hydrogen (secondary N) is 2. The van der Waals surface area contributed by atoms with Crippen LogP contribution in [0.2, 0.25) is 5.02 Å². The van der Waals surface area contributed by atoms with Crippen LogP contribution >= 0.6 is 24.0 Å². The molecule has 1 fully saturated rings. The van der Waals surface area contributed by atoms with E-state index in [1.807, 2.05) is 6.92 Å². The lowest BCUT2D eigenvalue weighted by molar-refractivity contribution is -0.384. The first-order chi connectivity index (χ1) is 9.81. The second-order valence-corrected chi connectivity index (χ2v) is 7.16. The monoisotopic (exact) mass is 369 g/mol. The van der Waals surface area contributed by atoms with E-state index >= 15 is 0 Å². The highest BCUT2D eigenvalue weighted by Crippen LogP contribution is 2.27. The predicted molar refractivity (Wildman–Crippen MR) is 86.1 cm³/mol. The molecule has 1 heterocycles. The maximum atomic E-state index is 12.4. The summed E-state index contributed by atoms with van der Waals surface area (Å²) in [5.41, 5.74) is -0.241. The summed E-state index contributed by atoms with van der Waals surface area (Å²) in [6.07, 6.45) is 0.686. The minimum atomic E-state index is -3.80. The number of non-ortho nitro benzene ring substituents is 1. The standard InChI is InChI=1S/C12H16ClN3O4S.ClH/c1-8-7-14-5-4-11(8)15-21(19,20)12-3-2-9(16(17)18)6-10(12)13;/h2-3,6,8,11,14-15H,4-5,7H2,1H3;1H. The van der Waals surface area contributed by atoms with Crippen LogP contribution in [0.4, 0.5) is 5.69 Å². The molecule has 1 aliphatic rings. The fourth-order valence-electron chi connectivity index (χ4n) is 2.27. The lowest BCUT2D eigenvalue weighted by Gasteiger charge is -2.30. The average molecular weight is 370 g/mol. The minimum Gasteiger partial charge on any atom is -0.316 e. The normalized spacial score (nSPS) is 21.9. The number of benzene rings is 1. The third-order valence-electron chi connectivity index (χ3n) is 3.51. The van der Waals surface area contributed by atoms with Gasteiger partial charge in [-0.15, -0.1) is 12.4 Å². The highest BCUT2D eigenvalue weighted by atomic mass is 35.5. The van der Waals surface area contributed by atoms with Gasteiger partial charge in [-0.1, -0.05) is 18.5 Å². The molecule has 1 saturated heterocycles. The van der Waals surface area contributed by atoms with Crippen molar-refractivity contribution in [3.63, 3.8) is 0 Å². The maximum absolute atomic E-state index is 12.4. The molecule has 0 amide bonds. The first-order valence-corrected chi connectivity index (χ1v) is 8.34. The van der Waals surface area contributed by atoms with Crippen LogP contribution in [-0.2, 0) is 10.0 Å². The Morgan fingerprint density at radius 3 is 2.68 bits per heavy atom. The van der Waals surface area contributed by atoms with E-state index in [1.54, 1.807) is 0 Å². The molecule has 0 radical (unpaired) electrons. The summed E-state index contributed by atoms with van der Waals surface area (Å²) in [6, 6.07) is 3.16. The van der Waals surface area contributed by atoms with Crippen molar-refractivity contribution in [3.05, 3.63) is 33.3 Å². The molecule has 0 bridgehead atoms. The summed E-state index contributed by atoms with van der Waals surface area (Å²) in [5, 5.41) is 13.7. The van der Waals surface area contributed by atoms with Gasteiger partial charge in [0.25, 0.3) is 5.69 Å². The van der Waals surface area contributed by atoms with Crippen molar-refractivity contribution >= 4 is 39.7 Å². The number of piperidine rings is 1. The van der Waals surface area contributed by atoms with Crippen LogP contribution in [0.1, 0.15) is 13.3 Å². The Labute approximate surface area is 140 Å². The molecule has 0 spiro atoms. The number of nitro benzene ring substituents is 1. The number of nitro groups is 1. The molecule has 2 N–H and O–H groups in total. The molecule has 2 atom stereocenters. The van der Waals surface area contributed by atoms with E-state index in [4.69, 9.17) is 11.6 Å². The Kier molecular flexibility index (Phi) is 6.57. The predicted octanol–water partition coefficient (Wildman–Crippen LogP) is 1.95. The Hall–Kier alpha value is -0.930. The Bertz CT molecular complexity index is 654. The van der Waals surface area contributed by atoms with Crippen LogP contribution in [0.3, 0.4) is 0 Å². The van der Waals surface area contributed by atoms with Crippen LogP contribution in [0.15, 0.2) is 23.1 Å². The van der Waals surface area contributed by atoms with Gasteiger partial charge in [-0.25, -0.2) is 13.1 Å². The summed E-state index contributed by atoms with van der Waals surface area (Å²) >= 11 is 5.88. The molecular weight excluding hydrogens is 353 g/mol. The van der Waals surface area contributed by atoms with E-state index in [1.165, 1.54) is 0 Å². The number of sulfonamides is 1. The lowest BCUT2D eigenvalue weighted by Crippen LogP contribution is -2.48. The van der Waals surface area contributed by atoms with Gasteiger partial charge in [0.2, 0.25) is 10.0 Å². The number of rotatable bonds is 4. The van der Waals surface area contributed by atoms with Gasteiger partial charge in [-0.3, -0.25) is 10.1 Å². The van der Waals surface area contributed by atoms with Crippen molar-refractivity contribution in [1.29, 1.82) is 0 Å². The van der Waals surface area contributed by atoms with Crippen molar-refractivity contribution in [2.75, 3.05) is 13.1 Å². The molecule has 1 aliphatic heterocycles. The van der Waals surface area contributed by atoms with Crippen LogP contribution in [0.5, 0.6) is 0 Å². The lowest BCUT2D eigenvalue weighted by atomic mass is 9.97. The van der Waals surface area contributed by atoms with E-state index in [0.717, 1.165) is 31.3 Å². The van der Waals surface area contributed by atoms with Gasteiger partial charge >= 0.3 is 0 Å². The largest absolute Gasteiger partial charge is 0.316 e. The van der Waals surface area contributed by atoms with Gasteiger partial charge < -0.3 is 5.32 Å². The molecule has 7 nitrogen and oxygen atoms in total. The fraction of sp³-hybridized carbons (Fsp3) is 0.500. The topological polar surface area (TPSA) is 101 Å². The van der Waals surface area contributed by atoms with Crippen LogP contribution in [0.25, 0.3) is 0 Å². The summed E-state index contributed by atoms with van der Waals surface area (Å²) in [7, 11) is -3.80. The zero-order valence-electron chi connectivity index (χ0n) is 11.8. The molecule has 10 heteroatoms. The maximum Gasteiger partial charge on any atom is 0.271 e. The second-order valence-electron chi connectivity index (χ2n) is 5.07. The molecule has 1 aromatic carbocycles. The summed E-state index contributed by atoms with van der Waals surface area (Å²) in [4.78, 5) is 9.89. The van der Waals surface area contributed by atoms with Gasteiger partial charge in [0.1, 0.15) is 4.90 Å². The molecule has 0 aliphatic carbocycles. The zero-order chi connectivity index (χ0) is 15.6. The Morgan fingerprint density at radius 2 is 2.14 bits per heavy atom. The first-order valence-electron chi connectivity index (χ1n) is 6.48. The van der Waals surface area contributed by atoms with Crippen molar-refractivity contribution in [1.82, 2.24) is 10.0 Å². The molecule has 2 rings (SSSR count). The van der Waals surface area contributed by atoms with E-state index in [9.17, 15) is 18.5 Å². The van der Waals surface area contributed by atoms with Gasteiger partial charge in [-0.2, -0.15) is 0 Å². The average Bonchev–Trinajstić information content (AvgIpc) is 2.40. The quantitative estimate of drug-likeness (QED) is 0.623. The Balaban J connectivity index is 0.00000242. The smallest absolute Gasteiger partial charge is 0.271 e. The van der Waals surface area contributed by atoms with Crippen molar-refractivity contribution in [2.24, 2.45) is 5.92 Å². The van der Waals surface area contributed by atoms with Crippen molar-refractivity contribution in [3.8, 4) is 0 Å². The molecule has 124 valence electrons. The number of hydrogen-bond acceptors (Lipinski definition) is 5. The van der Waals surface area contributed by atoms with E-state index < -0.39 is 14.9 Å². The molecule has 2 unspecified atom stereocenters. The summed E-state index contributed by atoms with van der Waals surface area (Å²) < 4.78 is 27.4. The van der Waals surface area contributed by atoms with E-state index in [2.05, 4.69) is 10.0 Å². The SMILES string of the molecule is CC1CNCCC1NS(=O)(=O)c1ccc([N+](=O)[O-])cc1Cl.Cl.